The molecule has 6 fully saturated rings. The molecular formula is C36H49NO12. The van der Waals surface area contributed by atoms with E-state index in [1.165, 1.54) is 21.0 Å². The van der Waals surface area contributed by atoms with E-state index in [1.54, 1.807) is 51.7 Å². The second-order valence-corrected chi connectivity index (χ2v) is 15.0. The van der Waals surface area contributed by atoms with Crippen molar-refractivity contribution < 1.29 is 57.8 Å². The molecule has 1 aromatic rings. The van der Waals surface area contributed by atoms with Crippen molar-refractivity contribution in [3.8, 4) is 0 Å². The van der Waals surface area contributed by atoms with Gasteiger partial charge in [-0.2, -0.15) is 0 Å². The Hall–Kier alpha value is -2.65. The second-order valence-electron chi connectivity index (χ2n) is 15.0. The number of likely N-dealkylation sites (tertiary alicyclic amines) is 1. The molecule has 2 N–H and O–H groups in total. The first-order valence-corrected chi connectivity index (χ1v) is 17.2. The number of rotatable bonds is 10. The number of hydrogen-bond acceptors (Lipinski definition) is 13. The van der Waals surface area contributed by atoms with Crippen molar-refractivity contribution in [2.24, 2.45) is 34.5 Å². The molecule has 7 rings (SSSR count). The van der Waals surface area contributed by atoms with E-state index in [0.29, 0.717) is 19.5 Å². The zero-order valence-electron chi connectivity index (χ0n) is 29.2. The van der Waals surface area contributed by atoms with Gasteiger partial charge >= 0.3 is 17.9 Å². The summed E-state index contributed by atoms with van der Waals surface area (Å²) in [5, 5.41) is 25.5. The number of esters is 3. The van der Waals surface area contributed by atoms with Gasteiger partial charge in [0.2, 0.25) is 0 Å². The largest absolute Gasteiger partial charge is 0.462 e. The van der Waals surface area contributed by atoms with Crippen LogP contribution in [0.2, 0.25) is 0 Å². The summed E-state index contributed by atoms with van der Waals surface area (Å²) in [7, 11) is 6.25. The molecule has 5 aliphatic carbocycles. The van der Waals surface area contributed by atoms with Gasteiger partial charge in [-0.1, -0.05) is 25.1 Å². The summed E-state index contributed by atoms with van der Waals surface area (Å²) in [4.78, 5) is 42.2. The Bertz CT molecular complexity index is 1480. The fourth-order valence-corrected chi connectivity index (χ4v) is 12.7. The van der Waals surface area contributed by atoms with Crippen LogP contribution < -0.4 is 0 Å². The molecule has 1 aliphatic heterocycles. The van der Waals surface area contributed by atoms with E-state index in [9.17, 15) is 24.6 Å². The van der Waals surface area contributed by atoms with E-state index >= 15 is 0 Å². The van der Waals surface area contributed by atoms with Gasteiger partial charge in [0.15, 0.2) is 5.60 Å². The summed E-state index contributed by atoms with van der Waals surface area (Å²) in [6.45, 7) is 5.99. The quantitative estimate of drug-likeness (QED) is 0.267. The number of carbonyl (C=O) groups is 3. The van der Waals surface area contributed by atoms with Gasteiger partial charge in [-0.15, -0.1) is 0 Å². The van der Waals surface area contributed by atoms with E-state index in [0.717, 1.165) is 0 Å². The van der Waals surface area contributed by atoms with Crippen molar-refractivity contribution in [3.63, 3.8) is 0 Å². The van der Waals surface area contributed by atoms with Gasteiger partial charge in [0, 0.05) is 89.9 Å². The van der Waals surface area contributed by atoms with E-state index in [-0.39, 0.29) is 24.6 Å². The summed E-state index contributed by atoms with van der Waals surface area (Å²) in [6.07, 6.45) is -5.45. The Kier molecular flexibility index (Phi) is 8.49. The average molecular weight is 688 g/mol. The minimum Gasteiger partial charge on any atom is -0.462 e. The third-order valence-electron chi connectivity index (χ3n) is 13.4. The lowest BCUT2D eigenvalue weighted by atomic mass is 9.42. The van der Waals surface area contributed by atoms with Gasteiger partial charge in [-0.05, 0) is 31.0 Å². The van der Waals surface area contributed by atoms with Crippen LogP contribution in [0.3, 0.4) is 0 Å². The van der Waals surface area contributed by atoms with Gasteiger partial charge < -0.3 is 43.4 Å². The van der Waals surface area contributed by atoms with E-state index in [2.05, 4.69) is 4.90 Å². The number of benzene rings is 1. The standard InChI is InChI=1S/C36H49NO12/c1-8-37-16-33(17-43-4)22(47-18(2)38)14-23(44-5)35-21-15-34(42)30(48-32(41)20-12-10-9-11-13-20)24(21)36(49-19(3)39,29(40)31(34)46-7)25(28(35)37)26(45-6)27(33)35/h9-13,21-31,40,42H,8,14-17H2,1-7H3/t21-,22-,23+,24-,25+,26-,27-,28-,29-,30-,31+,33-,34+,35+,36-/m1/s1. The van der Waals surface area contributed by atoms with Crippen LogP contribution in [0.15, 0.2) is 30.3 Å². The molecule has 1 saturated heterocycles. The summed E-state index contributed by atoms with van der Waals surface area (Å²) in [5.74, 6) is -4.24. The maximum Gasteiger partial charge on any atom is 0.338 e. The van der Waals surface area contributed by atoms with Crippen LogP contribution >= 0.6 is 0 Å². The number of piperidine rings is 1. The molecule has 49 heavy (non-hydrogen) atoms. The lowest BCUT2D eigenvalue weighted by Crippen LogP contribution is -2.81. The molecule has 15 atom stereocenters. The molecular weight excluding hydrogens is 638 g/mol. The molecule has 0 radical (unpaired) electrons. The van der Waals surface area contributed by atoms with Crippen LogP contribution in [0.4, 0.5) is 0 Å². The lowest BCUT2D eigenvalue weighted by molar-refractivity contribution is -0.322. The predicted molar refractivity (Wildman–Crippen MR) is 170 cm³/mol. The zero-order valence-corrected chi connectivity index (χ0v) is 29.2. The van der Waals surface area contributed by atoms with Gasteiger partial charge in [0.05, 0.1) is 24.4 Å². The number of fused-ring (bicyclic) bond motifs is 2. The molecule has 0 amide bonds. The third kappa shape index (κ3) is 4.21. The van der Waals surface area contributed by atoms with Gasteiger partial charge in [-0.3, -0.25) is 14.5 Å². The van der Waals surface area contributed by atoms with Crippen molar-refractivity contribution in [3.05, 3.63) is 35.9 Å². The molecule has 5 saturated carbocycles. The van der Waals surface area contributed by atoms with Crippen molar-refractivity contribution in [2.45, 2.75) is 87.5 Å². The van der Waals surface area contributed by atoms with Crippen molar-refractivity contribution in [1.82, 2.24) is 4.90 Å². The molecule has 6 aliphatic rings. The van der Waals surface area contributed by atoms with Crippen LogP contribution in [-0.4, -0.2) is 135 Å². The monoisotopic (exact) mass is 687 g/mol. The smallest absolute Gasteiger partial charge is 0.338 e. The van der Waals surface area contributed by atoms with Gasteiger partial charge in [-0.25, -0.2) is 4.79 Å². The Labute approximate surface area is 286 Å². The normalized spacial score (nSPS) is 47.4. The highest BCUT2D eigenvalue weighted by Crippen LogP contribution is 2.80. The number of methoxy groups -OCH3 is 4. The maximum atomic E-state index is 13.8. The minimum absolute atomic E-state index is 0.0534. The Morgan fingerprint density at radius 3 is 2.20 bits per heavy atom. The first kappa shape index (κ1) is 34.8. The van der Waals surface area contributed by atoms with Crippen LogP contribution in [0, 0.1) is 34.5 Å². The number of carbonyl (C=O) groups excluding carboxylic acids is 3. The Morgan fingerprint density at radius 1 is 0.918 bits per heavy atom. The van der Waals surface area contributed by atoms with E-state index in [4.69, 9.17) is 33.2 Å². The first-order valence-electron chi connectivity index (χ1n) is 17.2. The highest BCUT2D eigenvalue weighted by atomic mass is 16.6. The summed E-state index contributed by atoms with van der Waals surface area (Å²) in [6, 6.07) is 8.12. The Balaban J connectivity index is 1.53. The third-order valence-corrected chi connectivity index (χ3v) is 13.4. The second kappa shape index (κ2) is 12.0. The number of aliphatic hydroxyl groups is 2. The van der Waals surface area contributed by atoms with Crippen molar-refractivity contribution in [1.29, 1.82) is 0 Å². The highest BCUT2D eigenvalue weighted by Gasteiger charge is 2.92. The first-order chi connectivity index (χ1) is 23.4. The van der Waals surface area contributed by atoms with E-state index in [1.807, 2.05) is 6.92 Å². The van der Waals surface area contributed by atoms with Crippen LogP contribution in [0.25, 0.3) is 0 Å². The number of ether oxygens (including phenoxy) is 7. The molecule has 1 heterocycles. The molecule has 0 unspecified atom stereocenters. The van der Waals surface area contributed by atoms with Crippen molar-refractivity contribution in [2.75, 3.05) is 48.1 Å². The SMILES string of the molecule is CCN1C[C@]2(COC)[C@H]3[C@H](OC)[C@H]4[C@@H]1[C@]3([C@@H](OC)C[C@H]2OC(C)=O)[C@@H]1C[C@]2(O)[C@H](OC(=O)c3ccccc3)[C@@H]1[C@]4(OC(C)=O)[C@H](O)[C@@H]2OC. The topological polar surface area (TPSA) is 160 Å². The van der Waals surface area contributed by atoms with Gasteiger partial charge in [0.25, 0.3) is 0 Å². The molecule has 1 aromatic carbocycles. The number of aliphatic hydroxyl groups excluding tert-OH is 1. The van der Waals surface area contributed by atoms with Crippen LogP contribution in [-0.2, 0) is 42.7 Å². The molecule has 1 spiro atoms. The summed E-state index contributed by atoms with van der Waals surface area (Å²) in [5.41, 5.74) is -4.92. The predicted octanol–water partition coefficient (Wildman–Crippen LogP) is 1.22. The fraction of sp³-hybridized carbons (Fsp3) is 0.750. The highest BCUT2D eigenvalue weighted by molar-refractivity contribution is 5.89. The molecule has 13 nitrogen and oxygen atoms in total. The van der Waals surface area contributed by atoms with Crippen LogP contribution in [0.5, 0.6) is 0 Å². The summed E-state index contributed by atoms with van der Waals surface area (Å²) >= 11 is 0. The zero-order chi connectivity index (χ0) is 35.3. The average Bonchev–Trinajstić information content (AvgIpc) is 3.44. The number of hydrogen-bond donors (Lipinski definition) is 2. The Morgan fingerprint density at radius 2 is 1.63 bits per heavy atom. The minimum atomic E-state index is -1.86. The molecule has 13 heteroatoms. The van der Waals surface area contributed by atoms with Crippen LogP contribution in [0.1, 0.15) is 44.0 Å². The summed E-state index contributed by atoms with van der Waals surface area (Å²) < 4.78 is 43.9. The molecule has 0 aromatic heterocycles. The van der Waals surface area contributed by atoms with E-state index < -0.39 is 100 Å². The maximum absolute atomic E-state index is 13.8. The fourth-order valence-electron chi connectivity index (χ4n) is 12.7. The lowest BCUT2D eigenvalue weighted by Gasteiger charge is -2.70. The molecule has 270 valence electrons. The van der Waals surface area contributed by atoms with Gasteiger partial charge in [0.1, 0.15) is 30.0 Å². The molecule has 7 bridgehead atoms. The number of nitrogens with zero attached hydrogens (tertiary/aromatic N) is 1. The van der Waals surface area contributed by atoms with Crippen molar-refractivity contribution >= 4 is 17.9 Å².